The van der Waals surface area contributed by atoms with Gasteiger partial charge in [0.2, 0.25) is 0 Å². The second-order valence-corrected chi connectivity index (χ2v) is 6.09. The Morgan fingerprint density at radius 3 is 2.65 bits per heavy atom. The van der Waals surface area contributed by atoms with E-state index in [2.05, 4.69) is 4.98 Å². The number of hydrogen-bond acceptors (Lipinski definition) is 2. The molecule has 118 valence electrons. The van der Waals surface area contributed by atoms with Crippen molar-refractivity contribution >= 4 is 22.6 Å². The highest BCUT2D eigenvalue weighted by molar-refractivity contribution is 6.30. The normalized spacial score (nSPS) is 19.9. The van der Waals surface area contributed by atoms with Gasteiger partial charge in [0, 0.05) is 11.6 Å². The van der Waals surface area contributed by atoms with Crippen LogP contribution >= 0.6 is 11.6 Å². The summed E-state index contributed by atoms with van der Waals surface area (Å²) in [5.41, 5.74) is 1.13. The Morgan fingerprint density at radius 1 is 1.13 bits per heavy atom. The standard InChI is InChI=1S/C19H20ClN3/c20-16-9-7-15(8-10-16)13-23-18-6-2-1-5-17(18)21-19(23)14-22-11-3-4-12-22/h1-2,5-10H,3-4,11-14H2/i1D,2D,5D,6D,14D2. The lowest BCUT2D eigenvalue weighted by atomic mass is 10.2. The number of halogens is 1. The van der Waals surface area contributed by atoms with E-state index < -0.39 is 6.50 Å². The SMILES string of the molecule is [2H]c1c([2H])c([2H])c2c(nc(C([2H])([2H])N3CCCC3)n2Cc2ccc(Cl)cc2)c1[2H]. The topological polar surface area (TPSA) is 21.1 Å². The predicted octanol–water partition coefficient (Wildman–Crippen LogP) is 4.33. The molecular weight excluding hydrogens is 306 g/mol. The van der Waals surface area contributed by atoms with E-state index in [1.54, 1.807) is 21.6 Å². The third kappa shape index (κ3) is 3.12. The number of imidazole rings is 1. The first-order chi connectivity index (χ1) is 13.7. The van der Waals surface area contributed by atoms with E-state index in [-0.39, 0.29) is 47.6 Å². The molecule has 3 aromatic rings. The van der Waals surface area contributed by atoms with E-state index in [0.717, 1.165) is 18.4 Å². The number of likely N-dealkylation sites (tertiary alicyclic amines) is 1. The van der Waals surface area contributed by atoms with Crippen molar-refractivity contribution in [2.75, 3.05) is 13.1 Å². The molecular formula is C19H20ClN3. The maximum absolute atomic E-state index is 8.76. The van der Waals surface area contributed by atoms with Crippen LogP contribution in [0.15, 0.2) is 48.4 Å². The van der Waals surface area contributed by atoms with Crippen LogP contribution in [-0.4, -0.2) is 27.5 Å². The van der Waals surface area contributed by atoms with Crippen molar-refractivity contribution < 1.29 is 8.22 Å². The van der Waals surface area contributed by atoms with Crippen molar-refractivity contribution in [1.29, 1.82) is 0 Å². The summed E-state index contributed by atoms with van der Waals surface area (Å²) in [4.78, 5) is 6.13. The van der Waals surface area contributed by atoms with Gasteiger partial charge in [0.1, 0.15) is 5.82 Å². The largest absolute Gasteiger partial charge is 0.322 e. The van der Waals surface area contributed by atoms with Gasteiger partial charge in [0.05, 0.1) is 25.8 Å². The Balaban J connectivity index is 1.97. The summed E-state index contributed by atoms with van der Waals surface area (Å²) in [6.45, 7) is -0.471. The van der Waals surface area contributed by atoms with Crippen molar-refractivity contribution in [1.82, 2.24) is 14.5 Å². The Kier molecular flexibility index (Phi) is 2.61. The molecule has 0 amide bonds. The molecule has 1 aliphatic heterocycles. The van der Waals surface area contributed by atoms with Crippen LogP contribution in [0, 0.1) is 0 Å². The molecule has 0 spiro atoms. The summed E-state index contributed by atoms with van der Waals surface area (Å²) < 4.78 is 51.7. The molecule has 23 heavy (non-hydrogen) atoms. The maximum Gasteiger partial charge on any atom is 0.124 e. The van der Waals surface area contributed by atoms with E-state index in [1.165, 1.54) is 0 Å². The van der Waals surface area contributed by atoms with Gasteiger partial charge in [-0.2, -0.15) is 0 Å². The molecule has 0 aliphatic carbocycles. The third-order valence-corrected chi connectivity index (χ3v) is 4.26. The highest BCUT2D eigenvalue weighted by Gasteiger charge is 2.17. The molecule has 1 saturated heterocycles. The Bertz CT molecular complexity index is 1070. The molecule has 1 fully saturated rings. The highest BCUT2D eigenvalue weighted by Crippen LogP contribution is 2.21. The van der Waals surface area contributed by atoms with E-state index >= 15 is 0 Å². The number of nitrogens with zero attached hydrogens (tertiary/aromatic N) is 3. The number of para-hydroxylation sites is 2. The molecule has 0 saturated carbocycles. The number of fused-ring (bicyclic) bond motifs is 1. The molecule has 2 aromatic carbocycles. The molecule has 1 aliphatic rings. The third-order valence-electron chi connectivity index (χ3n) is 4.01. The number of rotatable bonds is 4. The van der Waals surface area contributed by atoms with Gasteiger partial charge in [-0.25, -0.2) is 4.98 Å². The van der Waals surface area contributed by atoms with Gasteiger partial charge >= 0.3 is 0 Å². The minimum absolute atomic E-state index is 0.0861. The van der Waals surface area contributed by atoms with Crippen molar-refractivity contribution in [3.05, 3.63) is 64.8 Å². The van der Waals surface area contributed by atoms with Crippen LogP contribution in [0.4, 0.5) is 0 Å². The fourth-order valence-corrected chi connectivity index (χ4v) is 2.96. The smallest absolute Gasteiger partial charge is 0.124 e. The zero-order valence-corrected chi connectivity index (χ0v) is 13.3. The molecule has 0 atom stereocenters. The molecule has 4 heteroatoms. The summed E-state index contributed by atoms with van der Waals surface area (Å²) in [7, 11) is 0. The minimum Gasteiger partial charge on any atom is -0.322 e. The van der Waals surface area contributed by atoms with Gasteiger partial charge in [-0.15, -0.1) is 0 Å². The lowest BCUT2D eigenvalue weighted by Gasteiger charge is -2.16. The Morgan fingerprint density at radius 2 is 1.87 bits per heavy atom. The lowest BCUT2D eigenvalue weighted by Crippen LogP contribution is -2.21. The minimum atomic E-state index is -1.90. The van der Waals surface area contributed by atoms with Crippen molar-refractivity contribution in [3.8, 4) is 0 Å². The van der Waals surface area contributed by atoms with E-state index in [1.807, 2.05) is 12.1 Å². The quantitative estimate of drug-likeness (QED) is 0.709. The van der Waals surface area contributed by atoms with Crippen molar-refractivity contribution in [2.45, 2.75) is 25.9 Å². The number of hydrogen-bond donors (Lipinski definition) is 0. The fraction of sp³-hybridized carbons (Fsp3) is 0.316. The maximum atomic E-state index is 8.76. The monoisotopic (exact) mass is 331 g/mol. The Hall–Kier alpha value is -1.84. The first-order valence-electron chi connectivity index (χ1n) is 10.7. The molecule has 2 heterocycles. The second kappa shape index (κ2) is 6.34. The highest BCUT2D eigenvalue weighted by atomic mass is 35.5. The van der Waals surface area contributed by atoms with E-state index in [9.17, 15) is 0 Å². The van der Waals surface area contributed by atoms with Gasteiger partial charge in [-0.3, -0.25) is 4.90 Å². The molecule has 0 radical (unpaired) electrons. The fourth-order valence-electron chi connectivity index (χ4n) is 2.83. The summed E-state index contributed by atoms with van der Waals surface area (Å²) >= 11 is 5.98. The molecule has 0 unspecified atom stereocenters. The average molecular weight is 332 g/mol. The predicted molar refractivity (Wildman–Crippen MR) is 94.8 cm³/mol. The molecule has 0 bridgehead atoms. The van der Waals surface area contributed by atoms with Crippen LogP contribution in [0.25, 0.3) is 11.0 Å². The Labute approximate surface area is 149 Å². The second-order valence-electron chi connectivity index (χ2n) is 5.65. The molecule has 1 aromatic heterocycles. The summed E-state index contributed by atoms with van der Waals surface area (Å²) in [6, 6.07) is 5.91. The van der Waals surface area contributed by atoms with Gasteiger partial charge in [0.25, 0.3) is 0 Å². The van der Waals surface area contributed by atoms with Gasteiger partial charge < -0.3 is 4.57 Å². The van der Waals surface area contributed by atoms with Gasteiger partial charge in [0.15, 0.2) is 0 Å². The zero-order valence-electron chi connectivity index (χ0n) is 18.6. The summed E-state index contributed by atoms with van der Waals surface area (Å²) in [5, 5.41) is 0.582. The van der Waals surface area contributed by atoms with Crippen LogP contribution < -0.4 is 0 Å². The van der Waals surface area contributed by atoms with E-state index in [4.69, 9.17) is 19.8 Å². The van der Waals surface area contributed by atoms with Crippen molar-refractivity contribution in [2.24, 2.45) is 0 Å². The van der Waals surface area contributed by atoms with Crippen LogP contribution in [-0.2, 0) is 13.0 Å². The van der Waals surface area contributed by atoms with Crippen LogP contribution in [0.1, 0.15) is 32.5 Å². The average Bonchev–Trinajstić information content (AvgIpc) is 3.35. The number of aromatic nitrogens is 2. The molecule has 3 nitrogen and oxygen atoms in total. The first kappa shape index (κ1) is 9.45. The summed E-state index contributed by atoms with van der Waals surface area (Å²) in [6.07, 6.45) is 1.80. The molecule has 0 N–H and O–H groups in total. The van der Waals surface area contributed by atoms with Gasteiger partial charge in [-0.1, -0.05) is 35.8 Å². The number of benzene rings is 2. The molecule has 4 rings (SSSR count). The lowest BCUT2D eigenvalue weighted by molar-refractivity contribution is 0.318. The van der Waals surface area contributed by atoms with Crippen LogP contribution in [0.2, 0.25) is 5.02 Å². The van der Waals surface area contributed by atoms with Gasteiger partial charge in [-0.05, 0) is 55.7 Å². The first-order valence-corrected chi connectivity index (χ1v) is 8.06. The zero-order chi connectivity index (χ0) is 20.9. The summed E-state index contributed by atoms with van der Waals surface area (Å²) in [5.74, 6) is 0.0938. The van der Waals surface area contributed by atoms with E-state index in [0.29, 0.717) is 18.1 Å². The van der Waals surface area contributed by atoms with Crippen LogP contribution in [0.3, 0.4) is 0 Å². The van der Waals surface area contributed by atoms with Crippen LogP contribution in [0.5, 0.6) is 0 Å². The van der Waals surface area contributed by atoms with Crippen molar-refractivity contribution in [3.63, 3.8) is 0 Å².